The fourth-order valence-corrected chi connectivity index (χ4v) is 2.01. The summed E-state index contributed by atoms with van der Waals surface area (Å²) in [5.41, 5.74) is 7.18. The summed E-state index contributed by atoms with van der Waals surface area (Å²) in [5, 5.41) is 0. The lowest BCUT2D eigenvalue weighted by Crippen LogP contribution is -2.08. The van der Waals surface area contributed by atoms with Gasteiger partial charge in [0.25, 0.3) is 0 Å². The molecule has 8 nitrogen and oxygen atoms in total. The third kappa shape index (κ3) is 3.74. The Kier molecular flexibility index (Phi) is 4.16. The molecule has 0 spiro atoms. The number of nitrogens with two attached hydrogens (primary N) is 1. The Hall–Kier alpha value is -1.47. The lowest BCUT2D eigenvalue weighted by Gasteiger charge is -2.07. The summed E-state index contributed by atoms with van der Waals surface area (Å²) in [6.45, 7) is 0.898. The van der Waals surface area contributed by atoms with Gasteiger partial charge in [-0.15, -0.1) is 0 Å². The minimum Gasteiger partial charge on any atom is -0.382 e. The molecule has 0 fully saturated rings. The number of ether oxygens (including phenoxy) is 1. The molecule has 9 heteroatoms. The monoisotopic (exact) mass is 286 g/mol. The van der Waals surface area contributed by atoms with Crippen LogP contribution in [0.4, 0.5) is 5.82 Å². The van der Waals surface area contributed by atoms with Crippen molar-refractivity contribution in [2.45, 2.75) is 6.54 Å². The number of anilines is 1. The lowest BCUT2D eigenvalue weighted by atomic mass is 10.4. The first-order chi connectivity index (χ1) is 8.97. The zero-order valence-electron chi connectivity index (χ0n) is 10.1. The van der Waals surface area contributed by atoms with Gasteiger partial charge in [-0.05, 0) is 6.07 Å². The maximum atomic E-state index is 10.6. The van der Waals surface area contributed by atoms with Crippen LogP contribution in [0.1, 0.15) is 0 Å². The second kappa shape index (κ2) is 5.66. The SMILES string of the molecule is Nc1nccc2c1ncn2CCOCCP(=O)(O)O. The first-order valence-corrected chi connectivity index (χ1v) is 7.45. The molecule has 0 amide bonds. The van der Waals surface area contributed by atoms with Crippen LogP contribution in [-0.2, 0) is 15.8 Å². The Morgan fingerprint density at radius 1 is 1.37 bits per heavy atom. The third-order valence-electron chi connectivity index (χ3n) is 2.57. The lowest BCUT2D eigenvalue weighted by molar-refractivity contribution is 0.138. The highest BCUT2D eigenvalue weighted by atomic mass is 31.2. The fourth-order valence-electron chi connectivity index (χ4n) is 1.64. The maximum absolute atomic E-state index is 10.6. The highest BCUT2D eigenvalue weighted by molar-refractivity contribution is 7.51. The van der Waals surface area contributed by atoms with Gasteiger partial charge in [0, 0.05) is 12.7 Å². The third-order valence-corrected chi connectivity index (χ3v) is 3.34. The molecule has 0 radical (unpaired) electrons. The summed E-state index contributed by atoms with van der Waals surface area (Å²) < 4.78 is 17.6. The largest absolute Gasteiger partial charge is 0.382 e. The number of pyridine rings is 1. The molecule has 104 valence electrons. The van der Waals surface area contributed by atoms with Gasteiger partial charge in [-0.1, -0.05) is 0 Å². The number of hydrogen-bond acceptors (Lipinski definition) is 5. The van der Waals surface area contributed by atoms with Gasteiger partial charge in [0.15, 0.2) is 5.82 Å². The van der Waals surface area contributed by atoms with Crippen LogP contribution in [0.15, 0.2) is 18.6 Å². The van der Waals surface area contributed by atoms with Crippen LogP contribution in [0, 0.1) is 0 Å². The minimum absolute atomic E-state index is 0.0284. The molecule has 0 unspecified atom stereocenters. The summed E-state index contributed by atoms with van der Waals surface area (Å²) in [7, 11) is -3.98. The first-order valence-electron chi connectivity index (χ1n) is 5.65. The molecule has 4 N–H and O–H groups in total. The average Bonchev–Trinajstić information content (AvgIpc) is 2.72. The van der Waals surface area contributed by atoms with Gasteiger partial charge in [0.1, 0.15) is 5.52 Å². The number of fused-ring (bicyclic) bond motifs is 1. The van der Waals surface area contributed by atoms with Crippen LogP contribution in [-0.4, -0.2) is 43.7 Å². The van der Waals surface area contributed by atoms with Crippen LogP contribution in [0.25, 0.3) is 11.0 Å². The fraction of sp³-hybridized carbons (Fsp3) is 0.400. The predicted molar refractivity (Wildman–Crippen MR) is 69.7 cm³/mol. The highest BCUT2D eigenvalue weighted by Crippen LogP contribution is 2.33. The van der Waals surface area contributed by atoms with E-state index < -0.39 is 7.60 Å². The van der Waals surface area contributed by atoms with Crippen LogP contribution in [0.2, 0.25) is 0 Å². The van der Waals surface area contributed by atoms with Gasteiger partial charge in [-0.2, -0.15) is 0 Å². The van der Waals surface area contributed by atoms with Crippen molar-refractivity contribution in [3.05, 3.63) is 18.6 Å². The van der Waals surface area contributed by atoms with E-state index in [1.54, 1.807) is 18.6 Å². The van der Waals surface area contributed by atoms with E-state index in [0.717, 1.165) is 5.52 Å². The van der Waals surface area contributed by atoms with E-state index in [9.17, 15) is 4.57 Å². The van der Waals surface area contributed by atoms with Gasteiger partial charge in [0.05, 0.1) is 31.2 Å². The van der Waals surface area contributed by atoms with Crippen molar-refractivity contribution in [1.82, 2.24) is 14.5 Å². The quantitative estimate of drug-likeness (QED) is 0.512. The molecule has 0 bridgehead atoms. The molecular formula is C10H15N4O4P. The van der Waals surface area contributed by atoms with E-state index in [1.165, 1.54) is 0 Å². The molecule has 2 heterocycles. The van der Waals surface area contributed by atoms with Crippen LogP contribution in [0.3, 0.4) is 0 Å². The van der Waals surface area contributed by atoms with E-state index in [-0.39, 0.29) is 12.8 Å². The summed E-state index contributed by atoms with van der Waals surface area (Å²) in [4.78, 5) is 25.4. The molecule has 2 aromatic rings. The average molecular weight is 286 g/mol. The van der Waals surface area contributed by atoms with Crippen molar-refractivity contribution >= 4 is 24.4 Å². The van der Waals surface area contributed by atoms with Gasteiger partial charge in [0.2, 0.25) is 0 Å². The number of hydrogen-bond donors (Lipinski definition) is 3. The normalized spacial score (nSPS) is 12.1. The molecule has 0 aliphatic rings. The molecule has 0 aromatic carbocycles. The molecule has 0 atom stereocenters. The van der Waals surface area contributed by atoms with Crippen molar-refractivity contribution in [3.63, 3.8) is 0 Å². The zero-order valence-corrected chi connectivity index (χ0v) is 11.0. The van der Waals surface area contributed by atoms with E-state index in [0.29, 0.717) is 24.5 Å². The van der Waals surface area contributed by atoms with Crippen molar-refractivity contribution in [3.8, 4) is 0 Å². The molecule has 0 aliphatic carbocycles. The Morgan fingerprint density at radius 2 is 2.16 bits per heavy atom. The molecule has 19 heavy (non-hydrogen) atoms. The van der Waals surface area contributed by atoms with E-state index in [4.69, 9.17) is 20.3 Å². The summed E-state index contributed by atoms with van der Waals surface area (Å²) >= 11 is 0. The van der Waals surface area contributed by atoms with E-state index in [2.05, 4.69) is 9.97 Å². The summed E-state index contributed by atoms with van der Waals surface area (Å²) in [5.74, 6) is 0.374. The topological polar surface area (TPSA) is 123 Å². The summed E-state index contributed by atoms with van der Waals surface area (Å²) in [6, 6.07) is 1.80. The number of aromatic nitrogens is 3. The van der Waals surface area contributed by atoms with Gasteiger partial charge in [-0.25, -0.2) is 9.97 Å². The standard InChI is InChI=1S/C10H15N4O4P/c11-10-9-8(1-2-12-10)14(7-13-9)3-4-18-5-6-19(15,16)17/h1-2,7H,3-6H2,(H2,11,12)(H2,15,16,17). The van der Waals surface area contributed by atoms with Gasteiger partial charge >= 0.3 is 7.60 Å². The van der Waals surface area contributed by atoms with Gasteiger partial charge < -0.3 is 24.8 Å². The maximum Gasteiger partial charge on any atom is 0.327 e. The Labute approximate surface area is 109 Å². The first kappa shape index (κ1) is 14.0. The Balaban J connectivity index is 1.89. The second-order valence-corrected chi connectivity index (χ2v) is 5.78. The zero-order chi connectivity index (χ0) is 13.9. The molecule has 2 rings (SSSR count). The van der Waals surface area contributed by atoms with Crippen LogP contribution < -0.4 is 5.73 Å². The number of imidazole rings is 1. The number of nitrogens with zero attached hydrogens (tertiary/aromatic N) is 3. The number of rotatable bonds is 6. The van der Waals surface area contributed by atoms with Crippen molar-refractivity contribution < 1.29 is 19.1 Å². The molecular weight excluding hydrogens is 271 g/mol. The molecule has 0 aliphatic heterocycles. The van der Waals surface area contributed by atoms with Crippen LogP contribution >= 0.6 is 7.60 Å². The van der Waals surface area contributed by atoms with Crippen molar-refractivity contribution in [2.75, 3.05) is 25.1 Å². The molecule has 0 saturated heterocycles. The van der Waals surface area contributed by atoms with Crippen molar-refractivity contribution in [1.29, 1.82) is 0 Å². The molecule has 0 saturated carbocycles. The Morgan fingerprint density at radius 3 is 2.89 bits per heavy atom. The predicted octanol–water partition coefficient (Wildman–Crippen LogP) is 0.208. The van der Waals surface area contributed by atoms with Crippen LogP contribution in [0.5, 0.6) is 0 Å². The van der Waals surface area contributed by atoms with E-state index in [1.807, 2.05) is 4.57 Å². The minimum atomic E-state index is -3.98. The number of nitrogen functional groups attached to an aromatic ring is 1. The highest BCUT2D eigenvalue weighted by Gasteiger charge is 2.11. The summed E-state index contributed by atoms with van der Waals surface area (Å²) in [6.07, 6.45) is 2.97. The van der Waals surface area contributed by atoms with Gasteiger partial charge in [-0.3, -0.25) is 4.57 Å². The Bertz CT molecular complexity index is 609. The second-order valence-electron chi connectivity index (χ2n) is 4.00. The van der Waals surface area contributed by atoms with E-state index >= 15 is 0 Å². The molecule has 2 aromatic heterocycles. The van der Waals surface area contributed by atoms with Crippen molar-refractivity contribution in [2.24, 2.45) is 0 Å². The smallest absolute Gasteiger partial charge is 0.327 e.